The molecule has 0 radical (unpaired) electrons. The molecular formula is C3H9FNP. The Morgan fingerprint density at radius 2 is 2.00 bits per heavy atom. The standard InChI is InChI=1S/C3H9FNP/c1-3(4,6)5-2/h5H,6H2,1-2H3. The van der Waals surface area contributed by atoms with Crippen LogP contribution in [0.15, 0.2) is 0 Å². The number of alkyl halides is 1. The largest absolute Gasteiger partial charge is 0.286 e. The zero-order chi connectivity index (χ0) is 5.21. The molecule has 0 aromatic heterocycles. The first kappa shape index (κ1) is 6.32. The van der Waals surface area contributed by atoms with Crippen molar-refractivity contribution in [2.75, 3.05) is 7.05 Å². The fraction of sp³-hybridized carbons (Fsp3) is 1.00. The first-order valence-electron chi connectivity index (χ1n) is 1.73. The van der Waals surface area contributed by atoms with Gasteiger partial charge in [-0.2, -0.15) is 0 Å². The highest BCUT2D eigenvalue weighted by Gasteiger charge is 2.08. The number of halogens is 1. The van der Waals surface area contributed by atoms with Gasteiger partial charge in [-0.15, -0.1) is 0 Å². The van der Waals surface area contributed by atoms with Gasteiger partial charge in [-0.3, -0.25) is 5.32 Å². The molecule has 6 heavy (non-hydrogen) atoms. The summed E-state index contributed by atoms with van der Waals surface area (Å²) in [5.74, 6) is 0. The normalized spacial score (nSPS) is 20.0. The monoisotopic (exact) mass is 109 g/mol. The summed E-state index contributed by atoms with van der Waals surface area (Å²) in [7, 11) is 3.58. The summed E-state index contributed by atoms with van der Waals surface area (Å²) in [6.07, 6.45) is 0. The highest BCUT2D eigenvalue weighted by Crippen LogP contribution is 2.11. The van der Waals surface area contributed by atoms with Crippen molar-refractivity contribution in [2.24, 2.45) is 0 Å². The molecule has 0 bridgehead atoms. The van der Waals surface area contributed by atoms with Crippen LogP contribution in [-0.4, -0.2) is 12.6 Å². The van der Waals surface area contributed by atoms with Gasteiger partial charge in [0, 0.05) is 0 Å². The van der Waals surface area contributed by atoms with E-state index in [0.717, 1.165) is 0 Å². The van der Waals surface area contributed by atoms with Crippen molar-refractivity contribution < 1.29 is 4.39 Å². The lowest BCUT2D eigenvalue weighted by Gasteiger charge is -2.09. The van der Waals surface area contributed by atoms with E-state index in [2.05, 4.69) is 5.32 Å². The van der Waals surface area contributed by atoms with Gasteiger partial charge in [-0.1, -0.05) is 9.24 Å². The Bertz CT molecular complexity index is 40.5. The molecule has 0 fully saturated rings. The van der Waals surface area contributed by atoms with E-state index in [4.69, 9.17) is 0 Å². The summed E-state index contributed by atoms with van der Waals surface area (Å²) in [6.45, 7) is 1.43. The summed E-state index contributed by atoms with van der Waals surface area (Å²) >= 11 is 0. The Morgan fingerprint density at radius 1 is 1.83 bits per heavy atom. The van der Waals surface area contributed by atoms with Crippen molar-refractivity contribution in [3.63, 3.8) is 0 Å². The minimum Gasteiger partial charge on any atom is -0.286 e. The number of hydrogen-bond acceptors (Lipinski definition) is 1. The van der Waals surface area contributed by atoms with Gasteiger partial charge in [-0.05, 0) is 14.0 Å². The molecule has 1 N–H and O–H groups in total. The van der Waals surface area contributed by atoms with Crippen molar-refractivity contribution in [3.8, 4) is 0 Å². The van der Waals surface area contributed by atoms with Crippen LogP contribution in [-0.2, 0) is 0 Å². The smallest absolute Gasteiger partial charge is 0.170 e. The summed E-state index contributed by atoms with van der Waals surface area (Å²) in [4.78, 5) is 0. The fourth-order valence-corrected chi connectivity index (χ4v) is 0. The summed E-state index contributed by atoms with van der Waals surface area (Å²) in [5.41, 5.74) is -1.29. The lowest BCUT2D eigenvalue weighted by Crippen LogP contribution is -2.26. The summed E-state index contributed by atoms with van der Waals surface area (Å²) in [5, 5.41) is 2.40. The fourth-order valence-electron chi connectivity index (χ4n) is 0. The molecule has 0 amide bonds. The molecule has 0 saturated heterocycles. The molecule has 0 aliphatic carbocycles. The Labute approximate surface area is 39.5 Å². The van der Waals surface area contributed by atoms with Gasteiger partial charge in [0.15, 0.2) is 5.53 Å². The molecule has 0 aromatic carbocycles. The Kier molecular flexibility index (Phi) is 1.95. The molecule has 0 saturated carbocycles. The van der Waals surface area contributed by atoms with Crippen LogP contribution in [0.2, 0.25) is 0 Å². The molecule has 1 nitrogen and oxygen atoms in total. The highest BCUT2D eigenvalue weighted by molar-refractivity contribution is 7.18. The molecular weight excluding hydrogens is 100 g/mol. The Morgan fingerprint density at radius 3 is 2.00 bits per heavy atom. The van der Waals surface area contributed by atoms with E-state index in [1.807, 2.05) is 9.24 Å². The molecule has 3 heteroatoms. The third-order valence-corrected chi connectivity index (χ3v) is 0.778. The van der Waals surface area contributed by atoms with Crippen LogP contribution < -0.4 is 5.32 Å². The molecule has 38 valence electrons. The van der Waals surface area contributed by atoms with E-state index < -0.39 is 5.53 Å². The Balaban J connectivity index is 3.17. The van der Waals surface area contributed by atoms with Gasteiger partial charge in [0.25, 0.3) is 0 Å². The molecule has 0 aliphatic heterocycles. The first-order valence-corrected chi connectivity index (χ1v) is 2.31. The van der Waals surface area contributed by atoms with Crippen LogP contribution >= 0.6 is 9.24 Å². The van der Waals surface area contributed by atoms with E-state index in [9.17, 15) is 4.39 Å². The van der Waals surface area contributed by atoms with Crippen LogP contribution in [0.1, 0.15) is 6.92 Å². The molecule has 2 atom stereocenters. The average Bonchev–Trinajstić information content (AvgIpc) is 1.35. The first-order chi connectivity index (χ1) is 2.56. The second-order valence-electron chi connectivity index (χ2n) is 1.33. The van der Waals surface area contributed by atoms with E-state index in [0.29, 0.717) is 0 Å². The van der Waals surface area contributed by atoms with Gasteiger partial charge in [0.2, 0.25) is 0 Å². The van der Waals surface area contributed by atoms with Crippen LogP contribution in [0.25, 0.3) is 0 Å². The molecule has 2 unspecified atom stereocenters. The Hall–Kier alpha value is 0.320. The van der Waals surface area contributed by atoms with Crippen LogP contribution in [0, 0.1) is 0 Å². The van der Waals surface area contributed by atoms with Gasteiger partial charge in [-0.25, -0.2) is 4.39 Å². The third-order valence-electron chi connectivity index (χ3n) is 0.489. The topological polar surface area (TPSA) is 12.0 Å². The number of rotatable bonds is 1. The zero-order valence-corrected chi connectivity index (χ0v) is 5.11. The van der Waals surface area contributed by atoms with Crippen molar-refractivity contribution in [3.05, 3.63) is 0 Å². The van der Waals surface area contributed by atoms with Crippen molar-refractivity contribution in [1.29, 1.82) is 0 Å². The molecule has 0 rings (SSSR count). The maximum atomic E-state index is 12.0. The maximum Gasteiger partial charge on any atom is 0.170 e. The summed E-state index contributed by atoms with van der Waals surface area (Å²) in [6, 6.07) is 0. The minimum atomic E-state index is -1.29. The van der Waals surface area contributed by atoms with E-state index >= 15 is 0 Å². The number of hydrogen-bond donors (Lipinski definition) is 1. The van der Waals surface area contributed by atoms with Crippen molar-refractivity contribution >= 4 is 9.24 Å². The van der Waals surface area contributed by atoms with Crippen LogP contribution in [0.3, 0.4) is 0 Å². The van der Waals surface area contributed by atoms with Gasteiger partial charge in [0.05, 0.1) is 0 Å². The molecule has 0 aliphatic rings. The second kappa shape index (κ2) is 1.85. The second-order valence-corrected chi connectivity index (χ2v) is 2.41. The predicted molar refractivity (Wildman–Crippen MR) is 28.3 cm³/mol. The predicted octanol–water partition coefficient (Wildman–Crippen LogP) is 0.724. The molecule has 0 spiro atoms. The van der Waals surface area contributed by atoms with Crippen molar-refractivity contribution in [1.82, 2.24) is 5.32 Å². The zero-order valence-electron chi connectivity index (χ0n) is 3.96. The lowest BCUT2D eigenvalue weighted by molar-refractivity contribution is 0.272. The average molecular weight is 109 g/mol. The molecule has 0 heterocycles. The van der Waals surface area contributed by atoms with Gasteiger partial charge >= 0.3 is 0 Å². The van der Waals surface area contributed by atoms with Gasteiger partial charge < -0.3 is 0 Å². The minimum absolute atomic E-state index is 1.29. The summed E-state index contributed by atoms with van der Waals surface area (Å²) < 4.78 is 12.0. The lowest BCUT2D eigenvalue weighted by atomic mass is 10.7. The van der Waals surface area contributed by atoms with Crippen LogP contribution in [0.5, 0.6) is 0 Å². The van der Waals surface area contributed by atoms with E-state index in [1.165, 1.54) is 6.92 Å². The van der Waals surface area contributed by atoms with Gasteiger partial charge in [0.1, 0.15) is 0 Å². The SMILES string of the molecule is CNC(C)(F)P. The van der Waals surface area contributed by atoms with E-state index in [1.54, 1.807) is 7.05 Å². The van der Waals surface area contributed by atoms with Crippen LogP contribution in [0.4, 0.5) is 4.39 Å². The third kappa shape index (κ3) is 4.32. The highest BCUT2D eigenvalue weighted by atomic mass is 31.0. The maximum absolute atomic E-state index is 12.0. The van der Waals surface area contributed by atoms with E-state index in [-0.39, 0.29) is 0 Å². The molecule has 0 aromatic rings. The quantitative estimate of drug-likeness (QED) is 0.386. The van der Waals surface area contributed by atoms with Crippen molar-refractivity contribution in [2.45, 2.75) is 12.5 Å². The number of nitrogens with one attached hydrogen (secondary N) is 1.